The predicted octanol–water partition coefficient (Wildman–Crippen LogP) is 5.40. The van der Waals surface area contributed by atoms with Crippen LogP contribution >= 0.6 is 34.8 Å². The van der Waals surface area contributed by atoms with Gasteiger partial charge in [0.15, 0.2) is 5.82 Å². The van der Waals surface area contributed by atoms with Gasteiger partial charge in [0.05, 0.1) is 5.69 Å². The van der Waals surface area contributed by atoms with Gasteiger partial charge in [-0.2, -0.15) is 0 Å². The second-order valence-electron chi connectivity index (χ2n) is 5.31. The molecule has 0 saturated carbocycles. The number of rotatable bonds is 1. The zero-order valence-electron chi connectivity index (χ0n) is 10.8. The van der Waals surface area contributed by atoms with E-state index < -0.39 is 0 Å². The van der Waals surface area contributed by atoms with Gasteiger partial charge in [-0.05, 0) is 24.3 Å². The largest absolute Gasteiger partial charge is 0.232 e. The smallest absolute Gasteiger partial charge is 0.161 e. The van der Waals surface area contributed by atoms with Gasteiger partial charge in [-0.1, -0.05) is 55.6 Å². The molecule has 2 nitrogen and oxygen atoms in total. The van der Waals surface area contributed by atoms with Crippen LogP contribution in [0.15, 0.2) is 24.3 Å². The van der Waals surface area contributed by atoms with Crippen LogP contribution in [0.2, 0.25) is 15.2 Å². The average Bonchev–Trinajstić information content (AvgIpc) is 2.25. The van der Waals surface area contributed by atoms with Gasteiger partial charge in [-0.3, -0.25) is 0 Å². The topological polar surface area (TPSA) is 25.8 Å². The lowest BCUT2D eigenvalue weighted by Crippen LogP contribution is -2.14. The summed E-state index contributed by atoms with van der Waals surface area (Å²) in [5.41, 5.74) is 1.52. The maximum Gasteiger partial charge on any atom is 0.161 e. The molecule has 1 aromatic heterocycles. The van der Waals surface area contributed by atoms with E-state index in [2.05, 4.69) is 30.7 Å². The predicted molar refractivity (Wildman–Crippen MR) is 81.2 cm³/mol. The Labute approximate surface area is 127 Å². The molecule has 0 aliphatic heterocycles. The molecular weight excluding hydrogens is 303 g/mol. The van der Waals surface area contributed by atoms with Crippen LogP contribution in [0.25, 0.3) is 11.4 Å². The van der Waals surface area contributed by atoms with Crippen molar-refractivity contribution in [3.05, 3.63) is 45.2 Å². The van der Waals surface area contributed by atoms with Crippen molar-refractivity contribution >= 4 is 34.8 Å². The molecule has 0 saturated heterocycles. The molecule has 0 unspecified atom stereocenters. The van der Waals surface area contributed by atoms with Crippen molar-refractivity contribution in [2.24, 2.45) is 0 Å². The van der Waals surface area contributed by atoms with E-state index in [1.54, 1.807) is 24.3 Å². The first-order valence-corrected chi connectivity index (χ1v) is 6.90. The van der Waals surface area contributed by atoms with Gasteiger partial charge in [0.25, 0.3) is 0 Å². The molecule has 0 bridgehead atoms. The second kappa shape index (κ2) is 5.28. The molecule has 0 fully saturated rings. The van der Waals surface area contributed by atoms with Crippen LogP contribution in [0, 0.1) is 0 Å². The third-order valence-corrected chi connectivity index (χ3v) is 3.21. The zero-order chi connectivity index (χ0) is 14.2. The average molecular weight is 316 g/mol. The van der Waals surface area contributed by atoms with Crippen LogP contribution in [0.5, 0.6) is 0 Å². The van der Waals surface area contributed by atoms with Crippen LogP contribution < -0.4 is 0 Å². The summed E-state index contributed by atoms with van der Waals surface area (Å²) in [5, 5.41) is 1.50. The van der Waals surface area contributed by atoms with Gasteiger partial charge in [0.1, 0.15) is 5.15 Å². The summed E-state index contributed by atoms with van der Waals surface area (Å²) < 4.78 is 0. The minimum atomic E-state index is -0.107. The fourth-order valence-corrected chi connectivity index (χ4v) is 2.32. The van der Waals surface area contributed by atoms with E-state index in [9.17, 15) is 0 Å². The zero-order valence-corrected chi connectivity index (χ0v) is 13.1. The van der Waals surface area contributed by atoms with Crippen LogP contribution in [-0.2, 0) is 5.41 Å². The Hall–Kier alpha value is -0.830. The Balaban J connectivity index is 2.59. The monoisotopic (exact) mass is 314 g/mol. The van der Waals surface area contributed by atoms with Crippen molar-refractivity contribution in [2.75, 3.05) is 0 Å². The molecule has 1 heterocycles. The van der Waals surface area contributed by atoms with Crippen molar-refractivity contribution < 1.29 is 0 Å². The summed E-state index contributed by atoms with van der Waals surface area (Å²) in [7, 11) is 0. The Kier molecular flexibility index (Phi) is 4.05. The lowest BCUT2D eigenvalue weighted by atomic mass is 9.92. The van der Waals surface area contributed by atoms with Crippen LogP contribution in [0.1, 0.15) is 26.5 Å². The normalized spacial score (nSPS) is 11.7. The van der Waals surface area contributed by atoms with Gasteiger partial charge >= 0.3 is 0 Å². The minimum Gasteiger partial charge on any atom is -0.232 e. The maximum atomic E-state index is 6.07. The molecule has 1 aromatic carbocycles. The fourth-order valence-electron chi connectivity index (χ4n) is 1.61. The molecular formula is C14H13Cl3N2. The molecule has 2 rings (SSSR count). The van der Waals surface area contributed by atoms with Gasteiger partial charge in [0, 0.05) is 21.0 Å². The molecule has 0 N–H and O–H groups in total. The van der Waals surface area contributed by atoms with Crippen LogP contribution in [-0.4, -0.2) is 9.97 Å². The molecule has 0 aliphatic carbocycles. The number of halogens is 3. The Morgan fingerprint density at radius 1 is 0.842 bits per heavy atom. The van der Waals surface area contributed by atoms with Gasteiger partial charge in [-0.15, -0.1) is 0 Å². The van der Waals surface area contributed by atoms with E-state index in [-0.39, 0.29) is 5.41 Å². The van der Waals surface area contributed by atoms with E-state index in [1.165, 1.54) is 0 Å². The third-order valence-electron chi connectivity index (χ3n) is 2.58. The van der Waals surface area contributed by atoms with Crippen molar-refractivity contribution in [1.82, 2.24) is 9.97 Å². The van der Waals surface area contributed by atoms with Crippen molar-refractivity contribution in [2.45, 2.75) is 26.2 Å². The molecule has 2 aromatic rings. The number of hydrogen-bond acceptors (Lipinski definition) is 2. The first-order chi connectivity index (χ1) is 8.75. The number of hydrogen-bond donors (Lipinski definition) is 0. The third kappa shape index (κ3) is 3.59. The van der Waals surface area contributed by atoms with Crippen molar-refractivity contribution in [3.8, 4) is 11.4 Å². The summed E-state index contributed by atoms with van der Waals surface area (Å²) in [6.45, 7) is 6.21. The Morgan fingerprint density at radius 2 is 1.42 bits per heavy atom. The lowest BCUT2D eigenvalue weighted by molar-refractivity contribution is 0.568. The van der Waals surface area contributed by atoms with E-state index in [1.807, 2.05) is 0 Å². The lowest BCUT2D eigenvalue weighted by Gasteiger charge is -2.18. The Morgan fingerprint density at radius 3 is 1.95 bits per heavy atom. The Bertz CT molecular complexity index is 598. The quantitative estimate of drug-likeness (QED) is 0.658. The number of benzene rings is 1. The SMILES string of the molecule is CC(C)(C)c1cc(Cl)nc(-c2cc(Cl)cc(Cl)c2)n1. The van der Waals surface area contributed by atoms with Gasteiger partial charge in [-0.25, -0.2) is 9.97 Å². The molecule has 0 amide bonds. The summed E-state index contributed by atoms with van der Waals surface area (Å²) >= 11 is 18.1. The highest BCUT2D eigenvalue weighted by Gasteiger charge is 2.18. The highest BCUT2D eigenvalue weighted by atomic mass is 35.5. The molecule has 100 valence electrons. The summed E-state index contributed by atoms with van der Waals surface area (Å²) in [4.78, 5) is 8.78. The minimum absolute atomic E-state index is 0.107. The van der Waals surface area contributed by atoms with E-state index in [0.29, 0.717) is 21.0 Å². The van der Waals surface area contributed by atoms with E-state index in [0.717, 1.165) is 11.3 Å². The number of aromatic nitrogens is 2. The molecule has 5 heteroatoms. The second-order valence-corrected chi connectivity index (χ2v) is 6.57. The van der Waals surface area contributed by atoms with Crippen LogP contribution in [0.3, 0.4) is 0 Å². The molecule has 0 spiro atoms. The van der Waals surface area contributed by atoms with E-state index >= 15 is 0 Å². The van der Waals surface area contributed by atoms with Crippen molar-refractivity contribution in [1.29, 1.82) is 0 Å². The molecule has 0 atom stereocenters. The summed E-state index contributed by atoms with van der Waals surface area (Å²) in [6.07, 6.45) is 0. The summed E-state index contributed by atoms with van der Waals surface area (Å²) in [5.74, 6) is 0.529. The number of nitrogens with zero attached hydrogens (tertiary/aromatic N) is 2. The highest BCUT2D eigenvalue weighted by Crippen LogP contribution is 2.28. The standard InChI is InChI=1S/C14H13Cl3N2/c1-14(2,3)11-7-12(17)19-13(18-11)8-4-9(15)6-10(16)5-8/h4-7H,1-3H3. The van der Waals surface area contributed by atoms with Gasteiger partial charge < -0.3 is 0 Å². The molecule has 0 aliphatic rings. The highest BCUT2D eigenvalue weighted by molar-refractivity contribution is 6.35. The van der Waals surface area contributed by atoms with Crippen molar-refractivity contribution in [3.63, 3.8) is 0 Å². The molecule has 19 heavy (non-hydrogen) atoms. The maximum absolute atomic E-state index is 6.07. The van der Waals surface area contributed by atoms with Crippen LogP contribution in [0.4, 0.5) is 0 Å². The summed E-state index contributed by atoms with van der Waals surface area (Å²) in [6, 6.07) is 6.98. The first kappa shape index (κ1) is 14.6. The first-order valence-electron chi connectivity index (χ1n) is 5.77. The molecule has 0 radical (unpaired) electrons. The van der Waals surface area contributed by atoms with Gasteiger partial charge in [0.2, 0.25) is 0 Å². The fraction of sp³-hybridized carbons (Fsp3) is 0.286. The van der Waals surface area contributed by atoms with E-state index in [4.69, 9.17) is 34.8 Å².